The third-order valence-corrected chi connectivity index (χ3v) is 3.23. The zero-order chi connectivity index (χ0) is 13.2. The Kier molecular flexibility index (Phi) is 2.75. The SMILES string of the molecule is N/C(=N/O)c1ccnnc1N1CCc2ccccc21. The van der Waals surface area contributed by atoms with Crippen LogP contribution in [0.2, 0.25) is 0 Å². The minimum atomic E-state index is 0.0364. The van der Waals surface area contributed by atoms with Gasteiger partial charge in [0.1, 0.15) is 0 Å². The first kappa shape index (κ1) is 11.5. The molecule has 6 heteroatoms. The molecule has 6 nitrogen and oxygen atoms in total. The smallest absolute Gasteiger partial charge is 0.173 e. The fourth-order valence-electron chi connectivity index (χ4n) is 2.34. The average molecular weight is 255 g/mol. The highest BCUT2D eigenvalue weighted by Gasteiger charge is 2.24. The van der Waals surface area contributed by atoms with E-state index >= 15 is 0 Å². The van der Waals surface area contributed by atoms with Crippen LogP contribution in [0.5, 0.6) is 0 Å². The molecule has 0 spiro atoms. The number of oxime groups is 1. The van der Waals surface area contributed by atoms with Crippen LogP contribution < -0.4 is 10.6 Å². The summed E-state index contributed by atoms with van der Waals surface area (Å²) in [5, 5.41) is 19.9. The summed E-state index contributed by atoms with van der Waals surface area (Å²) in [6.45, 7) is 0.809. The Morgan fingerprint density at radius 3 is 3.00 bits per heavy atom. The normalized spacial score (nSPS) is 14.5. The van der Waals surface area contributed by atoms with Crippen LogP contribution in [0, 0.1) is 0 Å². The Morgan fingerprint density at radius 1 is 1.32 bits per heavy atom. The molecule has 0 saturated carbocycles. The topological polar surface area (TPSA) is 87.6 Å². The lowest BCUT2D eigenvalue weighted by Gasteiger charge is -2.19. The zero-order valence-electron chi connectivity index (χ0n) is 10.2. The molecule has 0 unspecified atom stereocenters. The van der Waals surface area contributed by atoms with Gasteiger partial charge in [-0.3, -0.25) is 0 Å². The summed E-state index contributed by atoms with van der Waals surface area (Å²) in [6, 6.07) is 9.82. The van der Waals surface area contributed by atoms with E-state index in [0.29, 0.717) is 11.4 Å². The summed E-state index contributed by atoms with van der Waals surface area (Å²) in [5.74, 6) is 0.650. The molecule has 1 aromatic carbocycles. The van der Waals surface area contributed by atoms with E-state index in [1.165, 1.54) is 11.8 Å². The molecule has 0 atom stereocenters. The summed E-state index contributed by atoms with van der Waals surface area (Å²) in [7, 11) is 0. The van der Waals surface area contributed by atoms with Gasteiger partial charge in [-0.2, -0.15) is 5.10 Å². The van der Waals surface area contributed by atoms with Crippen molar-refractivity contribution in [3.63, 3.8) is 0 Å². The van der Waals surface area contributed by atoms with Gasteiger partial charge >= 0.3 is 0 Å². The fraction of sp³-hybridized carbons (Fsp3) is 0.154. The first-order valence-electron chi connectivity index (χ1n) is 5.96. The number of para-hydroxylation sites is 1. The molecule has 0 radical (unpaired) electrons. The number of fused-ring (bicyclic) bond motifs is 1. The molecule has 3 N–H and O–H groups in total. The lowest BCUT2D eigenvalue weighted by atomic mass is 10.2. The van der Waals surface area contributed by atoms with Gasteiger partial charge in [0.25, 0.3) is 0 Å². The van der Waals surface area contributed by atoms with Gasteiger partial charge in [-0.15, -0.1) is 5.10 Å². The largest absolute Gasteiger partial charge is 0.409 e. The molecule has 96 valence electrons. The summed E-state index contributed by atoms with van der Waals surface area (Å²) in [6.07, 6.45) is 2.47. The Labute approximate surface area is 110 Å². The van der Waals surface area contributed by atoms with E-state index in [4.69, 9.17) is 10.9 Å². The van der Waals surface area contributed by atoms with Crippen molar-refractivity contribution in [1.82, 2.24) is 10.2 Å². The number of aromatic nitrogens is 2. The average Bonchev–Trinajstić information content (AvgIpc) is 2.90. The van der Waals surface area contributed by atoms with Crippen molar-refractivity contribution in [2.75, 3.05) is 11.4 Å². The second-order valence-corrected chi connectivity index (χ2v) is 4.28. The van der Waals surface area contributed by atoms with Gasteiger partial charge in [-0.25, -0.2) is 0 Å². The Balaban J connectivity index is 2.10. The highest BCUT2D eigenvalue weighted by atomic mass is 16.4. The van der Waals surface area contributed by atoms with E-state index in [0.717, 1.165) is 18.7 Å². The number of amidine groups is 1. The van der Waals surface area contributed by atoms with E-state index in [-0.39, 0.29) is 5.84 Å². The molecule has 0 aliphatic carbocycles. The van der Waals surface area contributed by atoms with Crippen LogP contribution in [0.4, 0.5) is 11.5 Å². The van der Waals surface area contributed by atoms with Crippen molar-refractivity contribution in [2.45, 2.75) is 6.42 Å². The number of nitrogens with zero attached hydrogens (tertiary/aromatic N) is 4. The summed E-state index contributed by atoms with van der Waals surface area (Å²) in [4.78, 5) is 2.04. The first-order valence-corrected chi connectivity index (χ1v) is 5.96. The molecule has 1 aliphatic heterocycles. The van der Waals surface area contributed by atoms with Gasteiger partial charge in [0.05, 0.1) is 11.8 Å². The number of benzene rings is 1. The molecule has 0 amide bonds. The van der Waals surface area contributed by atoms with Crippen molar-refractivity contribution in [2.24, 2.45) is 10.9 Å². The number of anilines is 2. The van der Waals surface area contributed by atoms with Crippen molar-refractivity contribution in [1.29, 1.82) is 0 Å². The van der Waals surface area contributed by atoms with Gasteiger partial charge in [0, 0.05) is 12.2 Å². The third kappa shape index (κ3) is 1.87. The minimum Gasteiger partial charge on any atom is -0.409 e. The Bertz CT molecular complexity index is 640. The van der Waals surface area contributed by atoms with Crippen LogP contribution in [-0.4, -0.2) is 27.8 Å². The summed E-state index contributed by atoms with van der Waals surface area (Å²) < 4.78 is 0. The summed E-state index contributed by atoms with van der Waals surface area (Å²) >= 11 is 0. The van der Waals surface area contributed by atoms with Crippen molar-refractivity contribution in [3.05, 3.63) is 47.7 Å². The molecular weight excluding hydrogens is 242 g/mol. The quantitative estimate of drug-likeness (QED) is 0.365. The van der Waals surface area contributed by atoms with Crippen LogP contribution >= 0.6 is 0 Å². The minimum absolute atomic E-state index is 0.0364. The van der Waals surface area contributed by atoms with E-state index in [9.17, 15) is 0 Å². The maximum atomic E-state index is 8.85. The highest BCUT2D eigenvalue weighted by molar-refractivity contribution is 6.02. The van der Waals surface area contributed by atoms with E-state index in [1.54, 1.807) is 6.07 Å². The second kappa shape index (κ2) is 4.56. The predicted molar refractivity (Wildman–Crippen MR) is 71.7 cm³/mol. The lowest BCUT2D eigenvalue weighted by Crippen LogP contribution is -2.22. The monoisotopic (exact) mass is 255 g/mol. The maximum absolute atomic E-state index is 8.85. The number of hydrogen-bond donors (Lipinski definition) is 2. The second-order valence-electron chi connectivity index (χ2n) is 4.28. The van der Waals surface area contributed by atoms with E-state index in [1.807, 2.05) is 23.1 Å². The number of nitrogens with two attached hydrogens (primary N) is 1. The fourth-order valence-corrected chi connectivity index (χ4v) is 2.34. The standard InChI is InChI=1S/C13H13N5O/c14-12(17-19)10-5-7-15-16-13(10)18-8-6-9-3-1-2-4-11(9)18/h1-5,7,19H,6,8H2,(H2,14,17). The van der Waals surface area contributed by atoms with Crippen molar-refractivity contribution in [3.8, 4) is 0 Å². The number of hydrogen-bond acceptors (Lipinski definition) is 5. The molecule has 2 heterocycles. The highest BCUT2D eigenvalue weighted by Crippen LogP contribution is 2.34. The molecule has 1 aromatic heterocycles. The van der Waals surface area contributed by atoms with Crippen LogP contribution in [0.3, 0.4) is 0 Å². The van der Waals surface area contributed by atoms with Crippen LogP contribution in [0.15, 0.2) is 41.7 Å². The Morgan fingerprint density at radius 2 is 2.16 bits per heavy atom. The van der Waals surface area contributed by atoms with Gasteiger partial charge in [-0.1, -0.05) is 23.4 Å². The van der Waals surface area contributed by atoms with E-state index < -0.39 is 0 Å². The molecule has 0 fully saturated rings. The van der Waals surface area contributed by atoms with Crippen LogP contribution in [0.1, 0.15) is 11.1 Å². The van der Waals surface area contributed by atoms with Crippen molar-refractivity contribution >= 4 is 17.3 Å². The molecule has 19 heavy (non-hydrogen) atoms. The predicted octanol–water partition coefficient (Wildman–Crippen LogP) is 1.27. The van der Waals surface area contributed by atoms with Gasteiger partial charge in [0.2, 0.25) is 0 Å². The molecule has 3 rings (SSSR count). The zero-order valence-corrected chi connectivity index (χ0v) is 10.2. The molecule has 0 bridgehead atoms. The van der Waals surface area contributed by atoms with Gasteiger partial charge in [0.15, 0.2) is 11.7 Å². The van der Waals surface area contributed by atoms with E-state index in [2.05, 4.69) is 21.4 Å². The summed E-state index contributed by atoms with van der Waals surface area (Å²) in [5.41, 5.74) is 8.62. The maximum Gasteiger partial charge on any atom is 0.173 e. The lowest BCUT2D eigenvalue weighted by molar-refractivity contribution is 0.318. The molecule has 2 aromatic rings. The molecule has 1 aliphatic rings. The van der Waals surface area contributed by atoms with Gasteiger partial charge < -0.3 is 15.8 Å². The Hall–Kier alpha value is -2.63. The van der Waals surface area contributed by atoms with Gasteiger partial charge in [-0.05, 0) is 24.1 Å². The third-order valence-electron chi connectivity index (χ3n) is 3.23. The molecular formula is C13H13N5O. The van der Waals surface area contributed by atoms with Crippen LogP contribution in [-0.2, 0) is 6.42 Å². The van der Waals surface area contributed by atoms with Crippen molar-refractivity contribution < 1.29 is 5.21 Å². The number of rotatable bonds is 2. The first-order chi connectivity index (χ1) is 9.31. The van der Waals surface area contributed by atoms with Crippen LogP contribution in [0.25, 0.3) is 0 Å². The molecule has 0 saturated heterocycles.